The molecule has 1 aromatic carbocycles. The quantitative estimate of drug-likeness (QED) is 0.737. The molecule has 1 saturated heterocycles. The van der Waals surface area contributed by atoms with Crippen LogP contribution in [-0.4, -0.2) is 58.1 Å². The number of nitrogens with zero attached hydrogens (tertiary/aromatic N) is 4. The highest BCUT2D eigenvalue weighted by Crippen LogP contribution is 2.40. The van der Waals surface area contributed by atoms with Crippen molar-refractivity contribution in [1.29, 1.82) is 0 Å². The molecule has 6 nitrogen and oxygen atoms in total. The molecule has 0 amide bonds. The molecule has 0 bridgehead atoms. The number of piperidine rings is 1. The standard InChI is InChI=1S/C20H26F3N5O/c21-20(22,23)18-12-17(26-19-24-14-25-28(18)19)15-6-4-9-27(13-15)10-5-11-29-16-7-2-1-3-8-16/h1-3,7-8,14-15,17-18H,4-6,9-13H2,(H,24,25,26)/t15-,17+,18-/m1/s1. The van der Waals surface area contributed by atoms with Crippen molar-refractivity contribution in [2.24, 2.45) is 5.92 Å². The number of hydrogen-bond acceptors (Lipinski definition) is 5. The van der Waals surface area contributed by atoms with Gasteiger partial charge in [-0.2, -0.15) is 23.3 Å². The average molecular weight is 409 g/mol. The van der Waals surface area contributed by atoms with Gasteiger partial charge in [-0.05, 0) is 50.3 Å². The zero-order valence-electron chi connectivity index (χ0n) is 16.2. The molecule has 0 aliphatic carbocycles. The molecule has 9 heteroatoms. The number of anilines is 1. The third kappa shape index (κ3) is 4.83. The summed E-state index contributed by atoms with van der Waals surface area (Å²) >= 11 is 0. The van der Waals surface area contributed by atoms with Gasteiger partial charge in [0.1, 0.15) is 12.1 Å². The monoisotopic (exact) mass is 409 g/mol. The number of aromatic nitrogens is 3. The van der Waals surface area contributed by atoms with E-state index in [1.54, 1.807) is 0 Å². The lowest BCUT2D eigenvalue weighted by molar-refractivity contribution is -0.174. The summed E-state index contributed by atoms with van der Waals surface area (Å²) in [7, 11) is 0. The normalized spacial score (nSPS) is 25.3. The van der Waals surface area contributed by atoms with Gasteiger partial charge in [-0.3, -0.25) is 0 Å². The van der Waals surface area contributed by atoms with E-state index < -0.39 is 12.2 Å². The number of hydrogen-bond donors (Lipinski definition) is 1. The number of halogens is 3. The van der Waals surface area contributed by atoms with Crippen LogP contribution in [0.4, 0.5) is 19.1 Å². The first-order valence-corrected chi connectivity index (χ1v) is 10.1. The van der Waals surface area contributed by atoms with Crippen molar-refractivity contribution in [3.8, 4) is 5.75 Å². The first-order chi connectivity index (χ1) is 14.0. The van der Waals surface area contributed by atoms with Crippen LogP contribution in [0.3, 0.4) is 0 Å². The van der Waals surface area contributed by atoms with Crippen molar-refractivity contribution >= 4 is 5.95 Å². The molecule has 4 rings (SSSR count). The number of nitrogens with one attached hydrogen (secondary N) is 1. The molecule has 29 heavy (non-hydrogen) atoms. The minimum atomic E-state index is -4.33. The van der Waals surface area contributed by atoms with E-state index >= 15 is 0 Å². The third-order valence-electron chi connectivity index (χ3n) is 5.78. The van der Waals surface area contributed by atoms with Crippen LogP contribution in [-0.2, 0) is 0 Å². The Bertz CT molecular complexity index is 782. The second kappa shape index (κ2) is 8.61. The molecule has 1 N–H and O–H groups in total. The van der Waals surface area contributed by atoms with Crippen LogP contribution in [0.15, 0.2) is 36.7 Å². The maximum absolute atomic E-state index is 13.5. The molecule has 0 unspecified atom stereocenters. The maximum atomic E-state index is 13.5. The number of ether oxygens (including phenoxy) is 1. The van der Waals surface area contributed by atoms with E-state index in [2.05, 4.69) is 20.3 Å². The number of fused-ring (bicyclic) bond motifs is 1. The van der Waals surface area contributed by atoms with Crippen molar-refractivity contribution in [2.45, 2.75) is 43.9 Å². The molecule has 158 valence electrons. The lowest BCUT2D eigenvalue weighted by Crippen LogP contribution is -2.48. The fourth-order valence-corrected chi connectivity index (χ4v) is 4.35. The van der Waals surface area contributed by atoms with E-state index in [4.69, 9.17) is 4.74 Å². The maximum Gasteiger partial charge on any atom is 0.411 e. The average Bonchev–Trinajstić information content (AvgIpc) is 3.19. The van der Waals surface area contributed by atoms with Crippen LogP contribution in [0, 0.1) is 5.92 Å². The van der Waals surface area contributed by atoms with Gasteiger partial charge >= 0.3 is 6.18 Å². The zero-order valence-corrected chi connectivity index (χ0v) is 16.2. The highest BCUT2D eigenvalue weighted by atomic mass is 19.4. The Balaban J connectivity index is 1.30. The summed E-state index contributed by atoms with van der Waals surface area (Å²) in [6.07, 6.45) is -0.344. The summed E-state index contributed by atoms with van der Waals surface area (Å²) in [6, 6.07) is 7.84. The molecule has 3 atom stereocenters. The van der Waals surface area contributed by atoms with Crippen LogP contribution in [0.2, 0.25) is 0 Å². The number of benzene rings is 1. The molecule has 2 aromatic rings. The van der Waals surface area contributed by atoms with Gasteiger partial charge in [0.05, 0.1) is 6.61 Å². The number of para-hydroxylation sites is 1. The molecule has 1 fully saturated rings. The topological polar surface area (TPSA) is 55.2 Å². The second-order valence-corrected chi connectivity index (χ2v) is 7.79. The molecular formula is C20H26F3N5O. The molecule has 3 heterocycles. The summed E-state index contributed by atoms with van der Waals surface area (Å²) in [6.45, 7) is 3.29. The first-order valence-electron chi connectivity index (χ1n) is 10.1. The van der Waals surface area contributed by atoms with Gasteiger partial charge in [-0.25, -0.2) is 4.68 Å². The summed E-state index contributed by atoms with van der Waals surface area (Å²) in [5.41, 5.74) is 0. The van der Waals surface area contributed by atoms with E-state index in [9.17, 15) is 13.2 Å². The van der Waals surface area contributed by atoms with Crippen LogP contribution in [0.25, 0.3) is 0 Å². The van der Waals surface area contributed by atoms with E-state index in [0.717, 1.165) is 49.3 Å². The Morgan fingerprint density at radius 1 is 1.21 bits per heavy atom. The van der Waals surface area contributed by atoms with Gasteiger partial charge in [0, 0.05) is 19.1 Å². The summed E-state index contributed by atoms with van der Waals surface area (Å²) in [5, 5.41) is 6.97. The smallest absolute Gasteiger partial charge is 0.411 e. The number of alkyl halides is 3. The summed E-state index contributed by atoms with van der Waals surface area (Å²) < 4.78 is 47.3. The van der Waals surface area contributed by atoms with Crippen molar-refractivity contribution < 1.29 is 17.9 Å². The van der Waals surface area contributed by atoms with Crippen molar-refractivity contribution in [2.75, 3.05) is 31.6 Å². The van der Waals surface area contributed by atoms with Gasteiger partial charge < -0.3 is 15.0 Å². The Morgan fingerprint density at radius 3 is 2.83 bits per heavy atom. The highest BCUT2D eigenvalue weighted by Gasteiger charge is 2.48. The highest BCUT2D eigenvalue weighted by molar-refractivity contribution is 5.30. The SMILES string of the molecule is FC(F)(F)[C@H]1C[C@@H]([C@@H]2CCCN(CCCOc3ccccc3)C2)Nc2ncnn21. The minimum Gasteiger partial charge on any atom is -0.494 e. The molecule has 0 radical (unpaired) electrons. The summed E-state index contributed by atoms with van der Waals surface area (Å²) in [5.74, 6) is 1.24. The van der Waals surface area contributed by atoms with E-state index in [1.165, 1.54) is 6.33 Å². The van der Waals surface area contributed by atoms with Crippen molar-refractivity contribution in [3.63, 3.8) is 0 Å². The van der Waals surface area contributed by atoms with Crippen LogP contribution in [0.5, 0.6) is 5.75 Å². The Morgan fingerprint density at radius 2 is 2.03 bits per heavy atom. The van der Waals surface area contributed by atoms with Crippen LogP contribution in [0.1, 0.15) is 31.7 Å². The van der Waals surface area contributed by atoms with Crippen LogP contribution < -0.4 is 10.1 Å². The fourth-order valence-electron chi connectivity index (χ4n) is 4.35. The molecule has 2 aliphatic heterocycles. The van der Waals surface area contributed by atoms with Gasteiger partial charge in [-0.1, -0.05) is 18.2 Å². The van der Waals surface area contributed by atoms with E-state index in [0.29, 0.717) is 6.61 Å². The largest absolute Gasteiger partial charge is 0.494 e. The van der Waals surface area contributed by atoms with Crippen molar-refractivity contribution in [1.82, 2.24) is 19.7 Å². The third-order valence-corrected chi connectivity index (χ3v) is 5.78. The Hall–Kier alpha value is -2.29. The first kappa shape index (κ1) is 20.0. The fraction of sp³-hybridized carbons (Fsp3) is 0.600. The van der Waals surface area contributed by atoms with Gasteiger partial charge in [0.25, 0.3) is 0 Å². The Kier molecular flexibility index (Phi) is 5.94. The summed E-state index contributed by atoms with van der Waals surface area (Å²) in [4.78, 5) is 6.32. The minimum absolute atomic E-state index is 0.00448. The second-order valence-electron chi connectivity index (χ2n) is 7.79. The molecule has 2 aliphatic rings. The lowest BCUT2D eigenvalue weighted by atomic mass is 9.86. The predicted octanol–water partition coefficient (Wildman–Crippen LogP) is 3.75. The van der Waals surface area contributed by atoms with Gasteiger partial charge in [0.2, 0.25) is 5.95 Å². The van der Waals surface area contributed by atoms with Gasteiger partial charge in [-0.15, -0.1) is 0 Å². The zero-order chi connectivity index (χ0) is 20.3. The van der Waals surface area contributed by atoms with E-state index in [1.807, 2.05) is 30.3 Å². The number of likely N-dealkylation sites (tertiary alicyclic amines) is 1. The molecule has 0 saturated carbocycles. The Labute approximate surface area is 168 Å². The van der Waals surface area contributed by atoms with E-state index in [-0.39, 0.29) is 24.3 Å². The van der Waals surface area contributed by atoms with Gasteiger partial charge in [0.15, 0.2) is 6.04 Å². The predicted molar refractivity (Wildman–Crippen MR) is 103 cm³/mol. The lowest BCUT2D eigenvalue weighted by Gasteiger charge is -2.41. The molecule has 1 aromatic heterocycles. The van der Waals surface area contributed by atoms with Crippen LogP contribution >= 0.6 is 0 Å². The number of rotatable bonds is 6. The van der Waals surface area contributed by atoms with Crippen molar-refractivity contribution in [3.05, 3.63) is 36.7 Å². The molecule has 0 spiro atoms. The molecular weight excluding hydrogens is 383 g/mol.